The SMILES string of the molecule is COc1ccc(NC(=O)COc2ccc(-c3nc(-c4ccc(C)cc4)no3)cc2)cc1OC. The molecule has 1 amide bonds. The molecule has 1 N–H and O–H groups in total. The number of amides is 1. The number of methoxy groups -OCH3 is 2. The zero-order valence-corrected chi connectivity index (χ0v) is 18.5. The second kappa shape index (κ2) is 9.86. The predicted octanol–water partition coefficient (Wildman–Crippen LogP) is 4.75. The normalized spacial score (nSPS) is 10.5. The van der Waals surface area contributed by atoms with E-state index in [1.165, 1.54) is 7.11 Å². The van der Waals surface area contributed by atoms with Crippen molar-refractivity contribution in [3.05, 3.63) is 72.3 Å². The molecule has 0 saturated heterocycles. The number of ether oxygens (including phenoxy) is 3. The third-order valence-corrected chi connectivity index (χ3v) is 4.87. The number of hydrogen-bond acceptors (Lipinski definition) is 7. The largest absolute Gasteiger partial charge is 0.493 e. The Bertz CT molecular complexity index is 1230. The van der Waals surface area contributed by atoms with E-state index in [4.69, 9.17) is 18.7 Å². The van der Waals surface area contributed by atoms with Crippen molar-refractivity contribution < 1.29 is 23.5 Å². The highest BCUT2D eigenvalue weighted by Gasteiger charge is 2.12. The van der Waals surface area contributed by atoms with Gasteiger partial charge in [0, 0.05) is 22.9 Å². The van der Waals surface area contributed by atoms with Gasteiger partial charge in [0.25, 0.3) is 11.8 Å². The molecule has 4 rings (SSSR count). The number of aryl methyl sites for hydroxylation is 1. The second-order valence-corrected chi connectivity index (χ2v) is 7.22. The number of nitrogens with one attached hydrogen (secondary N) is 1. The zero-order valence-electron chi connectivity index (χ0n) is 18.5. The van der Waals surface area contributed by atoms with E-state index in [1.54, 1.807) is 49.6 Å². The van der Waals surface area contributed by atoms with Crippen molar-refractivity contribution in [3.8, 4) is 40.1 Å². The molecule has 0 unspecified atom stereocenters. The fourth-order valence-corrected chi connectivity index (χ4v) is 3.11. The van der Waals surface area contributed by atoms with E-state index in [1.807, 2.05) is 31.2 Å². The Morgan fingerprint density at radius 2 is 1.61 bits per heavy atom. The molecule has 0 spiro atoms. The van der Waals surface area contributed by atoms with Gasteiger partial charge in [-0.25, -0.2) is 0 Å². The van der Waals surface area contributed by atoms with E-state index in [0.717, 1.165) is 16.7 Å². The van der Waals surface area contributed by atoms with Crippen molar-refractivity contribution in [2.45, 2.75) is 6.92 Å². The van der Waals surface area contributed by atoms with E-state index >= 15 is 0 Å². The Morgan fingerprint density at radius 3 is 2.30 bits per heavy atom. The third-order valence-electron chi connectivity index (χ3n) is 4.87. The van der Waals surface area contributed by atoms with Gasteiger partial charge in [-0.3, -0.25) is 4.79 Å². The minimum Gasteiger partial charge on any atom is -0.493 e. The molecule has 0 saturated carbocycles. The maximum absolute atomic E-state index is 12.2. The summed E-state index contributed by atoms with van der Waals surface area (Å²) in [5, 5.41) is 6.81. The van der Waals surface area contributed by atoms with Gasteiger partial charge in [-0.1, -0.05) is 35.0 Å². The van der Waals surface area contributed by atoms with Gasteiger partial charge in [0.2, 0.25) is 5.82 Å². The zero-order chi connectivity index (χ0) is 23.2. The highest BCUT2D eigenvalue weighted by atomic mass is 16.5. The fraction of sp³-hybridized carbons (Fsp3) is 0.160. The van der Waals surface area contributed by atoms with Gasteiger partial charge < -0.3 is 24.1 Å². The Morgan fingerprint density at radius 1 is 0.909 bits per heavy atom. The van der Waals surface area contributed by atoms with Crippen LogP contribution in [0, 0.1) is 6.92 Å². The maximum Gasteiger partial charge on any atom is 0.262 e. The van der Waals surface area contributed by atoms with E-state index < -0.39 is 0 Å². The van der Waals surface area contributed by atoms with Crippen LogP contribution in [0.1, 0.15) is 5.56 Å². The summed E-state index contributed by atoms with van der Waals surface area (Å²) in [5.74, 6) is 2.28. The first kappa shape index (κ1) is 21.9. The van der Waals surface area contributed by atoms with Crippen LogP contribution in [0.25, 0.3) is 22.8 Å². The summed E-state index contributed by atoms with van der Waals surface area (Å²) in [4.78, 5) is 16.7. The Labute approximate surface area is 191 Å². The first-order chi connectivity index (χ1) is 16.1. The third kappa shape index (κ3) is 5.30. The predicted molar refractivity (Wildman–Crippen MR) is 124 cm³/mol. The number of hydrogen-bond donors (Lipinski definition) is 1. The molecule has 0 aliphatic carbocycles. The first-order valence-corrected chi connectivity index (χ1v) is 10.2. The summed E-state index contributed by atoms with van der Waals surface area (Å²) < 4.78 is 21.4. The summed E-state index contributed by atoms with van der Waals surface area (Å²) in [5.41, 5.74) is 3.38. The molecule has 0 radical (unpaired) electrons. The quantitative estimate of drug-likeness (QED) is 0.418. The van der Waals surface area contributed by atoms with Crippen LogP contribution in [-0.2, 0) is 4.79 Å². The number of rotatable bonds is 8. The molecular weight excluding hydrogens is 422 g/mol. The molecule has 4 aromatic rings. The fourth-order valence-electron chi connectivity index (χ4n) is 3.11. The first-order valence-electron chi connectivity index (χ1n) is 10.2. The molecule has 1 aromatic heterocycles. The van der Waals surface area contributed by atoms with Crippen LogP contribution in [0.5, 0.6) is 17.2 Å². The van der Waals surface area contributed by atoms with Crippen LogP contribution in [0.15, 0.2) is 71.3 Å². The lowest BCUT2D eigenvalue weighted by atomic mass is 10.1. The molecule has 8 nitrogen and oxygen atoms in total. The molecule has 33 heavy (non-hydrogen) atoms. The van der Waals surface area contributed by atoms with Crippen molar-refractivity contribution >= 4 is 11.6 Å². The molecule has 1 heterocycles. The summed E-state index contributed by atoms with van der Waals surface area (Å²) in [6.07, 6.45) is 0. The van der Waals surface area contributed by atoms with E-state index in [9.17, 15) is 4.79 Å². The van der Waals surface area contributed by atoms with Crippen LogP contribution in [-0.4, -0.2) is 36.9 Å². The van der Waals surface area contributed by atoms with Crippen molar-refractivity contribution in [2.75, 3.05) is 26.1 Å². The number of carbonyl (C=O) groups excluding carboxylic acids is 1. The summed E-state index contributed by atoms with van der Waals surface area (Å²) in [7, 11) is 3.09. The highest BCUT2D eigenvalue weighted by Crippen LogP contribution is 2.30. The maximum atomic E-state index is 12.2. The average molecular weight is 445 g/mol. The summed E-state index contributed by atoms with van der Waals surface area (Å²) in [6.45, 7) is 1.88. The Kier molecular flexibility index (Phi) is 6.54. The van der Waals surface area contributed by atoms with Crippen LogP contribution < -0.4 is 19.5 Å². The topological polar surface area (TPSA) is 95.7 Å². The number of carbonyl (C=O) groups is 1. The lowest BCUT2D eigenvalue weighted by molar-refractivity contribution is -0.118. The molecule has 0 atom stereocenters. The monoisotopic (exact) mass is 445 g/mol. The molecule has 8 heteroatoms. The number of anilines is 1. The molecule has 3 aromatic carbocycles. The van der Waals surface area contributed by atoms with Crippen molar-refractivity contribution in [3.63, 3.8) is 0 Å². The lowest BCUT2D eigenvalue weighted by Crippen LogP contribution is -2.20. The minimum atomic E-state index is -0.300. The van der Waals surface area contributed by atoms with Crippen LogP contribution >= 0.6 is 0 Å². The van der Waals surface area contributed by atoms with Gasteiger partial charge in [0.1, 0.15) is 5.75 Å². The van der Waals surface area contributed by atoms with Crippen LogP contribution in [0.4, 0.5) is 5.69 Å². The second-order valence-electron chi connectivity index (χ2n) is 7.22. The van der Waals surface area contributed by atoms with Gasteiger partial charge in [-0.05, 0) is 43.3 Å². The molecular formula is C25H23N3O5. The number of benzene rings is 3. The Balaban J connectivity index is 1.34. The highest BCUT2D eigenvalue weighted by molar-refractivity contribution is 5.92. The molecule has 0 aliphatic heterocycles. The van der Waals surface area contributed by atoms with E-state index in [2.05, 4.69) is 15.5 Å². The van der Waals surface area contributed by atoms with Gasteiger partial charge >= 0.3 is 0 Å². The van der Waals surface area contributed by atoms with Crippen molar-refractivity contribution in [1.29, 1.82) is 0 Å². The van der Waals surface area contributed by atoms with Gasteiger partial charge in [0.15, 0.2) is 18.1 Å². The number of aromatic nitrogens is 2. The molecule has 0 fully saturated rings. The minimum absolute atomic E-state index is 0.147. The standard InChI is InChI=1S/C25H23N3O5/c1-16-4-6-17(7-5-16)24-27-25(33-28-24)18-8-11-20(12-9-18)32-15-23(29)26-19-10-13-21(30-2)22(14-19)31-3/h4-14H,15H2,1-3H3,(H,26,29). The van der Waals surface area contributed by atoms with Gasteiger partial charge in [-0.2, -0.15) is 4.98 Å². The molecule has 168 valence electrons. The van der Waals surface area contributed by atoms with E-state index in [0.29, 0.717) is 34.7 Å². The van der Waals surface area contributed by atoms with E-state index in [-0.39, 0.29) is 12.5 Å². The average Bonchev–Trinajstić information content (AvgIpc) is 3.34. The smallest absolute Gasteiger partial charge is 0.262 e. The van der Waals surface area contributed by atoms with Crippen LogP contribution in [0.3, 0.4) is 0 Å². The molecule has 0 aliphatic rings. The number of nitrogens with zero attached hydrogens (tertiary/aromatic N) is 2. The van der Waals surface area contributed by atoms with Gasteiger partial charge in [-0.15, -0.1) is 0 Å². The van der Waals surface area contributed by atoms with Crippen LogP contribution in [0.2, 0.25) is 0 Å². The summed E-state index contributed by atoms with van der Waals surface area (Å²) >= 11 is 0. The van der Waals surface area contributed by atoms with Crippen molar-refractivity contribution in [2.24, 2.45) is 0 Å². The summed E-state index contributed by atoms with van der Waals surface area (Å²) in [6, 6.07) is 20.1. The Hall–Kier alpha value is -4.33. The lowest BCUT2D eigenvalue weighted by Gasteiger charge is -2.11. The van der Waals surface area contributed by atoms with Gasteiger partial charge in [0.05, 0.1) is 14.2 Å². The molecule has 0 bridgehead atoms. The van der Waals surface area contributed by atoms with Crippen molar-refractivity contribution in [1.82, 2.24) is 10.1 Å².